The molecule has 0 saturated heterocycles. The van der Waals surface area contributed by atoms with E-state index in [9.17, 15) is 13.6 Å². The van der Waals surface area contributed by atoms with Gasteiger partial charge in [-0.2, -0.15) is 0 Å². The summed E-state index contributed by atoms with van der Waals surface area (Å²) in [6, 6.07) is 5.15. The fourth-order valence-corrected chi connectivity index (χ4v) is 3.54. The van der Waals surface area contributed by atoms with Crippen LogP contribution in [0.25, 0.3) is 10.2 Å². The van der Waals surface area contributed by atoms with E-state index in [0.717, 1.165) is 17.4 Å². The number of aromatic nitrogens is 1. The molecule has 25 heavy (non-hydrogen) atoms. The van der Waals surface area contributed by atoms with E-state index in [2.05, 4.69) is 20.9 Å². The van der Waals surface area contributed by atoms with Crippen molar-refractivity contribution in [2.45, 2.75) is 0 Å². The highest BCUT2D eigenvalue weighted by Gasteiger charge is 2.24. The zero-order chi connectivity index (χ0) is 18.1. The van der Waals surface area contributed by atoms with Gasteiger partial charge in [0.2, 0.25) is 0 Å². The molecular weight excluding hydrogens is 416 g/mol. The number of likely N-dealkylation sites (N-methyl/N-ethyl adjacent to an activating group) is 1. The van der Waals surface area contributed by atoms with Gasteiger partial charge in [-0.05, 0) is 48.2 Å². The highest BCUT2D eigenvalue weighted by atomic mass is 79.9. The van der Waals surface area contributed by atoms with Gasteiger partial charge in [0.25, 0.3) is 5.91 Å². The van der Waals surface area contributed by atoms with Crippen LogP contribution in [0.4, 0.5) is 13.9 Å². The van der Waals surface area contributed by atoms with Crippen LogP contribution in [-0.2, 0) is 0 Å². The van der Waals surface area contributed by atoms with Crippen molar-refractivity contribution in [3.05, 3.63) is 46.3 Å². The molecule has 0 spiro atoms. The topological polar surface area (TPSA) is 49.6 Å². The van der Waals surface area contributed by atoms with Crippen molar-refractivity contribution in [1.82, 2.24) is 9.88 Å². The van der Waals surface area contributed by atoms with Crippen LogP contribution in [0.1, 0.15) is 10.6 Å². The van der Waals surface area contributed by atoms with Crippen molar-refractivity contribution in [1.29, 1.82) is 0 Å². The second-order valence-corrected chi connectivity index (χ2v) is 7.39. The Morgan fingerprint density at radius 3 is 2.68 bits per heavy atom. The van der Waals surface area contributed by atoms with E-state index < -0.39 is 17.5 Å². The van der Waals surface area contributed by atoms with Crippen molar-refractivity contribution in [2.75, 3.05) is 32.1 Å². The molecule has 0 aliphatic heterocycles. The van der Waals surface area contributed by atoms with Gasteiger partial charge in [-0.25, -0.2) is 13.8 Å². The third-order valence-corrected chi connectivity index (χ3v) is 4.88. The molecule has 9 heteroatoms. The minimum Gasteiger partial charge on any atom is -0.444 e. The lowest BCUT2D eigenvalue weighted by Gasteiger charge is -2.20. The van der Waals surface area contributed by atoms with Gasteiger partial charge >= 0.3 is 0 Å². The fraction of sp³-hybridized carbons (Fsp3) is 0.250. The number of hydrogen-bond acceptors (Lipinski definition) is 5. The van der Waals surface area contributed by atoms with E-state index in [1.807, 2.05) is 19.0 Å². The molecule has 0 saturated carbocycles. The summed E-state index contributed by atoms with van der Waals surface area (Å²) in [4.78, 5) is 20.3. The highest BCUT2D eigenvalue weighted by molar-refractivity contribution is 9.10. The second-order valence-electron chi connectivity index (χ2n) is 5.59. The number of rotatable bonds is 5. The minimum atomic E-state index is -0.752. The van der Waals surface area contributed by atoms with E-state index in [1.165, 1.54) is 11.0 Å². The predicted octanol–water partition coefficient (Wildman–Crippen LogP) is 4.14. The van der Waals surface area contributed by atoms with Crippen molar-refractivity contribution < 1.29 is 18.0 Å². The number of benzene rings is 1. The van der Waals surface area contributed by atoms with Crippen LogP contribution < -0.4 is 4.90 Å². The number of thiazole rings is 1. The molecule has 1 aromatic carbocycles. The zero-order valence-corrected chi connectivity index (χ0v) is 15.8. The summed E-state index contributed by atoms with van der Waals surface area (Å²) >= 11 is 4.22. The molecule has 2 heterocycles. The number of furan rings is 1. The third-order valence-electron chi connectivity index (χ3n) is 3.43. The molecule has 0 atom stereocenters. The Hall–Kier alpha value is -1.84. The Bertz CT molecular complexity index is 925. The summed E-state index contributed by atoms with van der Waals surface area (Å²) in [5.74, 6) is -1.69. The number of anilines is 1. The van der Waals surface area contributed by atoms with Gasteiger partial charge in [0.15, 0.2) is 21.4 Å². The number of carbonyl (C=O) groups excluding carboxylic acids is 1. The Labute approximate surface area is 155 Å². The van der Waals surface area contributed by atoms with Crippen molar-refractivity contribution in [2.24, 2.45) is 0 Å². The first-order chi connectivity index (χ1) is 11.8. The Morgan fingerprint density at radius 1 is 1.28 bits per heavy atom. The van der Waals surface area contributed by atoms with Crippen LogP contribution in [-0.4, -0.2) is 43.0 Å². The number of amides is 1. The third kappa shape index (κ3) is 3.88. The number of fused-ring (bicyclic) bond motifs is 1. The van der Waals surface area contributed by atoms with Crippen LogP contribution in [0.5, 0.6) is 0 Å². The number of hydrogen-bond donors (Lipinski definition) is 0. The smallest absolute Gasteiger partial charge is 0.295 e. The van der Waals surface area contributed by atoms with E-state index in [-0.39, 0.29) is 11.3 Å². The first-order valence-corrected chi connectivity index (χ1v) is 8.93. The van der Waals surface area contributed by atoms with Gasteiger partial charge in [0.1, 0.15) is 11.3 Å². The Balaban J connectivity index is 2.01. The number of nitrogens with zero attached hydrogens (tertiary/aromatic N) is 3. The van der Waals surface area contributed by atoms with E-state index >= 15 is 0 Å². The van der Waals surface area contributed by atoms with Crippen molar-refractivity contribution >= 4 is 48.5 Å². The minimum absolute atomic E-state index is 0.0460. The first-order valence-electron chi connectivity index (χ1n) is 7.32. The lowest BCUT2D eigenvalue weighted by Crippen LogP contribution is -2.36. The van der Waals surface area contributed by atoms with Crippen molar-refractivity contribution in [3.63, 3.8) is 0 Å². The SMILES string of the molecule is CN(C)CCN(C(=O)c1ccc(Br)o1)c1nc2c(F)cc(F)cc2s1. The molecule has 0 radical (unpaired) electrons. The molecule has 5 nitrogen and oxygen atoms in total. The van der Waals surface area contributed by atoms with Gasteiger partial charge in [0.05, 0.1) is 4.70 Å². The Morgan fingerprint density at radius 2 is 2.04 bits per heavy atom. The van der Waals surface area contributed by atoms with Gasteiger partial charge in [-0.15, -0.1) is 0 Å². The van der Waals surface area contributed by atoms with Crippen LogP contribution >= 0.6 is 27.3 Å². The number of carbonyl (C=O) groups is 1. The lowest BCUT2D eigenvalue weighted by molar-refractivity contribution is 0.0957. The summed E-state index contributed by atoms with van der Waals surface area (Å²) in [6.45, 7) is 0.897. The fourth-order valence-electron chi connectivity index (χ4n) is 2.21. The maximum Gasteiger partial charge on any atom is 0.295 e. The molecule has 3 aromatic rings. The molecule has 132 valence electrons. The van der Waals surface area contributed by atoms with Gasteiger partial charge in [-0.3, -0.25) is 9.69 Å². The monoisotopic (exact) mass is 429 g/mol. The molecule has 0 fully saturated rings. The van der Waals surface area contributed by atoms with Crippen molar-refractivity contribution in [3.8, 4) is 0 Å². The number of halogens is 3. The molecule has 3 rings (SSSR count). The molecule has 0 aliphatic rings. The van der Waals surface area contributed by atoms with Crippen LogP contribution in [0.15, 0.2) is 33.4 Å². The quantitative estimate of drug-likeness (QED) is 0.611. The molecule has 0 aliphatic carbocycles. The maximum absolute atomic E-state index is 13.9. The van der Waals surface area contributed by atoms with Crippen LogP contribution in [0, 0.1) is 11.6 Å². The van der Waals surface area contributed by atoms with Crippen LogP contribution in [0.2, 0.25) is 0 Å². The molecule has 0 bridgehead atoms. The van der Waals surface area contributed by atoms with Gasteiger partial charge in [-0.1, -0.05) is 11.3 Å². The predicted molar refractivity (Wildman–Crippen MR) is 96.2 cm³/mol. The lowest BCUT2D eigenvalue weighted by atomic mass is 10.3. The van der Waals surface area contributed by atoms with E-state index in [0.29, 0.717) is 27.6 Å². The second kappa shape index (κ2) is 7.19. The van der Waals surface area contributed by atoms with E-state index in [4.69, 9.17) is 4.42 Å². The van der Waals surface area contributed by atoms with E-state index in [1.54, 1.807) is 12.1 Å². The normalized spacial score (nSPS) is 11.4. The molecular formula is C16H14BrF2N3O2S. The molecule has 0 unspecified atom stereocenters. The maximum atomic E-state index is 13.9. The first kappa shape index (κ1) is 18.0. The summed E-state index contributed by atoms with van der Waals surface area (Å²) in [6.07, 6.45) is 0. The van der Waals surface area contributed by atoms with Gasteiger partial charge < -0.3 is 9.32 Å². The van der Waals surface area contributed by atoms with Crippen LogP contribution in [0.3, 0.4) is 0 Å². The Kier molecular flexibility index (Phi) is 5.16. The average molecular weight is 430 g/mol. The highest BCUT2D eigenvalue weighted by Crippen LogP contribution is 2.32. The summed E-state index contributed by atoms with van der Waals surface area (Å²) in [7, 11) is 3.75. The summed E-state index contributed by atoms with van der Waals surface area (Å²) < 4.78 is 33.5. The van der Waals surface area contributed by atoms with Gasteiger partial charge in [0, 0.05) is 19.2 Å². The average Bonchev–Trinajstić information content (AvgIpc) is 3.13. The molecule has 2 aromatic heterocycles. The summed E-state index contributed by atoms with van der Waals surface area (Å²) in [5.41, 5.74) is 0.0460. The largest absolute Gasteiger partial charge is 0.444 e. The molecule has 1 amide bonds. The summed E-state index contributed by atoms with van der Waals surface area (Å²) in [5, 5.41) is 0.291. The zero-order valence-electron chi connectivity index (χ0n) is 13.4. The standard InChI is InChI=1S/C16H14BrF2N3O2S/c1-21(2)5-6-22(15(23)11-3-4-13(17)24-11)16-20-14-10(19)7-9(18)8-12(14)25-16/h3-4,7-8H,5-6H2,1-2H3. The molecule has 0 N–H and O–H groups in total.